The summed E-state index contributed by atoms with van der Waals surface area (Å²) >= 11 is 0. The zero-order valence-corrected chi connectivity index (χ0v) is 6.34. The van der Waals surface area contributed by atoms with E-state index in [0.717, 1.165) is 0 Å². The summed E-state index contributed by atoms with van der Waals surface area (Å²) in [6.45, 7) is 0.0272. The lowest BCUT2D eigenvalue weighted by molar-refractivity contribution is -0.310. The molecule has 1 aliphatic heterocycles. The number of hydrogen-bond acceptors (Lipinski definition) is 4. The van der Waals surface area contributed by atoms with Crippen LogP contribution in [-0.2, 0) is 0 Å². The Morgan fingerprint density at radius 2 is 2.08 bits per heavy atom. The predicted octanol–water partition coefficient (Wildman–Crippen LogP) is -1.24. The second kappa shape index (κ2) is 2.89. The van der Waals surface area contributed by atoms with Crippen molar-refractivity contribution in [3.05, 3.63) is 0 Å². The smallest absolute Gasteiger partial charge is 0.411 e. The molecule has 1 rings (SSSR count). The van der Waals surface area contributed by atoms with Gasteiger partial charge in [0.25, 0.3) is 5.91 Å². The summed E-state index contributed by atoms with van der Waals surface area (Å²) in [6, 6.07) is 0. The van der Waals surface area contributed by atoms with Crippen LogP contribution in [0, 0.1) is 0 Å². The summed E-state index contributed by atoms with van der Waals surface area (Å²) in [7, 11) is 0. The minimum absolute atomic E-state index is 0.0272. The van der Waals surface area contributed by atoms with E-state index >= 15 is 0 Å². The first-order valence-corrected chi connectivity index (χ1v) is 3.59. The Labute approximate surface area is 68.7 Å². The van der Waals surface area contributed by atoms with E-state index in [-0.39, 0.29) is 13.0 Å². The van der Waals surface area contributed by atoms with Crippen LogP contribution in [0.5, 0.6) is 0 Å². The fourth-order valence-electron chi connectivity index (χ4n) is 1.22. The lowest BCUT2D eigenvalue weighted by atomic mass is 10.0. The van der Waals surface area contributed by atoms with E-state index < -0.39 is 18.1 Å². The lowest BCUT2D eigenvalue weighted by Gasteiger charge is -2.39. The van der Waals surface area contributed by atoms with Gasteiger partial charge in [0.1, 0.15) is 6.10 Å². The van der Waals surface area contributed by atoms with E-state index in [1.54, 1.807) is 0 Å². The molecule has 0 bridgehead atoms. The topological polar surface area (TPSA) is 101 Å². The summed E-state index contributed by atoms with van der Waals surface area (Å²) in [5, 5.41) is 35.8. The van der Waals surface area contributed by atoms with Crippen LogP contribution in [0.2, 0.25) is 0 Å². The number of rotatable bonds is 0. The molecule has 12 heavy (non-hydrogen) atoms. The van der Waals surface area contributed by atoms with Crippen molar-refractivity contribution >= 4 is 6.09 Å². The molecule has 0 saturated carbocycles. The van der Waals surface area contributed by atoms with Gasteiger partial charge in [0, 0.05) is 6.54 Å². The summed E-state index contributed by atoms with van der Waals surface area (Å²) in [5.41, 5.74) is 0. The number of amides is 1. The van der Waals surface area contributed by atoms with Gasteiger partial charge < -0.3 is 20.4 Å². The molecule has 6 heteroatoms. The molecule has 0 aromatic heterocycles. The highest BCUT2D eigenvalue weighted by molar-refractivity contribution is 5.65. The molecule has 1 heterocycles. The zero-order chi connectivity index (χ0) is 9.35. The highest BCUT2D eigenvalue weighted by Gasteiger charge is 2.45. The number of carbonyl (C=O) groups is 1. The third-order valence-corrected chi connectivity index (χ3v) is 1.93. The van der Waals surface area contributed by atoms with Crippen molar-refractivity contribution in [1.82, 2.24) is 4.90 Å². The molecule has 1 amide bonds. The number of aliphatic hydroxyl groups excluding tert-OH is 1. The summed E-state index contributed by atoms with van der Waals surface area (Å²) < 4.78 is 0. The highest BCUT2D eigenvalue weighted by atomic mass is 16.6. The number of hydrogen-bond donors (Lipinski definition) is 4. The van der Waals surface area contributed by atoms with E-state index in [0.29, 0.717) is 11.3 Å². The standard InChI is InChI=1S/C6H11NO5/c8-4-2-1-3-7(5(9)10)6(4,11)12/h4,8,11-12H,1-3H2,(H,9,10). The Bertz CT molecular complexity index is 192. The van der Waals surface area contributed by atoms with Crippen LogP contribution in [0.25, 0.3) is 0 Å². The maximum absolute atomic E-state index is 10.4. The summed E-state index contributed by atoms with van der Waals surface area (Å²) in [5.74, 6) is -2.63. The number of aliphatic hydroxyl groups is 3. The number of piperidine rings is 1. The molecule has 0 spiro atoms. The van der Waals surface area contributed by atoms with Gasteiger partial charge in [-0.25, -0.2) is 4.79 Å². The van der Waals surface area contributed by atoms with Crippen LogP contribution in [0.1, 0.15) is 12.8 Å². The maximum Gasteiger partial charge on any atom is 0.411 e. The molecule has 1 unspecified atom stereocenters. The van der Waals surface area contributed by atoms with Crippen molar-refractivity contribution < 1.29 is 25.2 Å². The van der Waals surface area contributed by atoms with Gasteiger partial charge in [-0.05, 0) is 12.8 Å². The molecule has 70 valence electrons. The van der Waals surface area contributed by atoms with Gasteiger partial charge in [0.05, 0.1) is 0 Å². The average molecular weight is 177 g/mol. The maximum atomic E-state index is 10.4. The quantitative estimate of drug-likeness (QED) is 0.347. The molecule has 1 fully saturated rings. The van der Waals surface area contributed by atoms with Crippen molar-refractivity contribution in [3.63, 3.8) is 0 Å². The van der Waals surface area contributed by atoms with Gasteiger partial charge in [-0.15, -0.1) is 0 Å². The third-order valence-electron chi connectivity index (χ3n) is 1.93. The van der Waals surface area contributed by atoms with E-state index in [1.807, 2.05) is 0 Å². The number of nitrogens with zero attached hydrogens (tertiary/aromatic N) is 1. The Balaban J connectivity index is 2.79. The minimum atomic E-state index is -2.63. The van der Waals surface area contributed by atoms with Crippen LogP contribution in [0.3, 0.4) is 0 Å². The normalized spacial score (nSPS) is 28.6. The molecule has 0 aliphatic carbocycles. The first-order chi connectivity index (χ1) is 5.46. The van der Waals surface area contributed by atoms with E-state index in [1.165, 1.54) is 0 Å². The fourth-order valence-corrected chi connectivity index (χ4v) is 1.22. The molecule has 0 aromatic carbocycles. The van der Waals surface area contributed by atoms with Crippen LogP contribution in [0.15, 0.2) is 0 Å². The first-order valence-electron chi connectivity index (χ1n) is 3.59. The van der Waals surface area contributed by atoms with Crippen LogP contribution in [-0.4, -0.2) is 50.0 Å². The third kappa shape index (κ3) is 1.36. The number of carboxylic acid groups (broad SMARTS) is 1. The monoisotopic (exact) mass is 177 g/mol. The highest BCUT2D eigenvalue weighted by Crippen LogP contribution is 2.23. The van der Waals surface area contributed by atoms with Gasteiger partial charge in [-0.1, -0.05) is 0 Å². The average Bonchev–Trinajstić information content (AvgIpc) is 1.94. The minimum Gasteiger partial charge on any atom is -0.465 e. The predicted molar refractivity (Wildman–Crippen MR) is 37.1 cm³/mol. The Hall–Kier alpha value is -0.850. The van der Waals surface area contributed by atoms with Crippen molar-refractivity contribution in [2.45, 2.75) is 24.9 Å². The van der Waals surface area contributed by atoms with Crippen LogP contribution >= 0.6 is 0 Å². The molecular formula is C6H11NO5. The Kier molecular flexibility index (Phi) is 2.22. The summed E-state index contributed by atoms with van der Waals surface area (Å²) in [4.78, 5) is 10.8. The fraction of sp³-hybridized carbons (Fsp3) is 0.833. The van der Waals surface area contributed by atoms with Gasteiger partial charge in [0.15, 0.2) is 0 Å². The lowest BCUT2D eigenvalue weighted by Crippen LogP contribution is -2.61. The van der Waals surface area contributed by atoms with Gasteiger partial charge in [-0.2, -0.15) is 0 Å². The molecule has 1 aliphatic rings. The van der Waals surface area contributed by atoms with Crippen LogP contribution < -0.4 is 0 Å². The molecule has 0 aromatic rings. The molecular weight excluding hydrogens is 166 g/mol. The van der Waals surface area contributed by atoms with Crippen molar-refractivity contribution in [2.24, 2.45) is 0 Å². The number of likely N-dealkylation sites (tertiary alicyclic amines) is 1. The largest absolute Gasteiger partial charge is 0.465 e. The van der Waals surface area contributed by atoms with Crippen molar-refractivity contribution in [1.29, 1.82) is 0 Å². The second-order valence-corrected chi connectivity index (χ2v) is 2.78. The molecule has 1 atom stereocenters. The Morgan fingerprint density at radius 3 is 2.50 bits per heavy atom. The van der Waals surface area contributed by atoms with E-state index in [2.05, 4.69) is 0 Å². The Morgan fingerprint density at radius 1 is 1.50 bits per heavy atom. The van der Waals surface area contributed by atoms with Gasteiger partial charge in [-0.3, -0.25) is 4.90 Å². The van der Waals surface area contributed by atoms with E-state index in [4.69, 9.17) is 20.4 Å². The molecule has 1 saturated heterocycles. The molecule has 4 N–H and O–H groups in total. The summed E-state index contributed by atoms with van der Waals surface area (Å²) in [6.07, 6.45) is -2.26. The van der Waals surface area contributed by atoms with Gasteiger partial charge >= 0.3 is 6.09 Å². The SMILES string of the molecule is O=C(O)N1CCCC(O)C1(O)O. The second-order valence-electron chi connectivity index (χ2n) is 2.78. The molecule has 6 nitrogen and oxygen atoms in total. The first kappa shape index (κ1) is 9.24. The van der Waals surface area contributed by atoms with Gasteiger partial charge in [0.2, 0.25) is 0 Å². The van der Waals surface area contributed by atoms with Crippen molar-refractivity contribution in [2.75, 3.05) is 6.54 Å². The molecule has 0 radical (unpaired) electrons. The zero-order valence-electron chi connectivity index (χ0n) is 6.34. The van der Waals surface area contributed by atoms with Crippen molar-refractivity contribution in [3.8, 4) is 0 Å². The van der Waals surface area contributed by atoms with E-state index in [9.17, 15) is 4.79 Å². The van der Waals surface area contributed by atoms with Crippen LogP contribution in [0.4, 0.5) is 4.79 Å².